The standard InChI is InChI=1S/C17H32N4OS.HI/c1-3-10-19-15(22)7-11-20-16(18-2)21-12-13-23-17(14-21)8-5-4-6-9-17;/h3-14H2,1-2H3,(H,18,20)(H,19,22);1H. The summed E-state index contributed by atoms with van der Waals surface area (Å²) in [5, 5.41) is 6.29. The smallest absolute Gasteiger partial charge is 0.221 e. The third-order valence-corrected chi connectivity index (χ3v) is 6.27. The number of thioether (sulfide) groups is 1. The van der Waals surface area contributed by atoms with E-state index < -0.39 is 0 Å². The molecule has 7 heteroatoms. The molecule has 0 aromatic carbocycles. The number of hydrogen-bond acceptors (Lipinski definition) is 3. The Hall–Kier alpha value is -0.180. The maximum Gasteiger partial charge on any atom is 0.221 e. The van der Waals surface area contributed by atoms with Gasteiger partial charge in [0.15, 0.2) is 5.96 Å². The van der Waals surface area contributed by atoms with Crippen molar-refractivity contribution in [3.05, 3.63) is 0 Å². The molecule has 0 aromatic heterocycles. The molecule has 2 fully saturated rings. The second-order valence-corrected chi connectivity index (χ2v) is 8.15. The van der Waals surface area contributed by atoms with Gasteiger partial charge in [-0.2, -0.15) is 11.8 Å². The van der Waals surface area contributed by atoms with Gasteiger partial charge in [-0.25, -0.2) is 0 Å². The first kappa shape index (κ1) is 21.9. The number of carbonyl (C=O) groups excluding carboxylic acids is 1. The molecule has 1 heterocycles. The fraction of sp³-hybridized carbons (Fsp3) is 0.882. The van der Waals surface area contributed by atoms with Gasteiger partial charge >= 0.3 is 0 Å². The maximum absolute atomic E-state index is 11.7. The Morgan fingerprint density at radius 2 is 1.96 bits per heavy atom. The number of amides is 1. The molecule has 0 aromatic rings. The monoisotopic (exact) mass is 468 g/mol. The van der Waals surface area contributed by atoms with Crippen LogP contribution in [0.5, 0.6) is 0 Å². The Kier molecular flexibility index (Phi) is 10.4. The van der Waals surface area contributed by atoms with Crippen LogP contribution in [0, 0.1) is 0 Å². The molecule has 2 rings (SSSR count). The molecule has 0 atom stereocenters. The normalized spacial score (nSPS) is 20.4. The summed E-state index contributed by atoms with van der Waals surface area (Å²) in [6.07, 6.45) is 8.29. The van der Waals surface area contributed by atoms with Gasteiger partial charge in [0.05, 0.1) is 0 Å². The summed E-state index contributed by atoms with van der Waals surface area (Å²) >= 11 is 2.17. The van der Waals surface area contributed by atoms with Crippen molar-refractivity contribution < 1.29 is 4.79 Å². The van der Waals surface area contributed by atoms with Crippen LogP contribution in [0.15, 0.2) is 4.99 Å². The van der Waals surface area contributed by atoms with E-state index in [0.29, 0.717) is 17.7 Å². The lowest BCUT2D eigenvalue weighted by atomic mass is 9.87. The lowest BCUT2D eigenvalue weighted by Crippen LogP contribution is -2.53. The molecule has 2 N–H and O–H groups in total. The number of nitrogens with zero attached hydrogens (tertiary/aromatic N) is 2. The van der Waals surface area contributed by atoms with Crippen molar-refractivity contribution in [2.45, 2.75) is 56.6 Å². The molecular formula is C17H33IN4OS. The first-order valence-corrected chi connectivity index (χ1v) is 10.0. The Morgan fingerprint density at radius 1 is 1.21 bits per heavy atom. The van der Waals surface area contributed by atoms with Gasteiger partial charge < -0.3 is 15.5 Å². The van der Waals surface area contributed by atoms with Crippen molar-refractivity contribution in [3.8, 4) is 0 Å². The molecule has 0 unspecified atom stereocenters. The number of aliphatic imine (C=N–C) groups is 1. The van der Waals surface area contributed by atoms with Gasteiger partial charge in [0.1, 0.15) is 0 Å². The predicted octanol–water partition coefficient (Wildman–Crippen LogP) is 2.85. The van der Waals surface area contributed by atoms with E-state index in [0.717, 1.165) is 32.0 Å². The van der Waals surface area contributed by atoms with Crippen LogP contribution in [-0.2, 0) is 4.79 Å². The van der Waals surface area contributed by atoms with E-state index in [1.54, 1.807) is 0 Å². The number of nitrogens with one attached hydrogen (secondary N) is 2. The molecule has 1 amide bonds. The van der Waals surface area contributed by atoms with Crippen molar-refractivity contribution >= 4 is 47.6 Å². The zero-order valence-corrected chi connectivity index (χ0v) is 18.3. The van der Waals surface area contributed by atoms with Crippen molar-refractivity contribution in [1.29, 1.82) is 0 Å². The van der Waals surface area contributed by atoms with E-state index in [1.807, 2.05) is 7.05 Å². The average Bonchev–Trinajstić information content (AvgIpc) is 2.57. The summed E-state index contributed by atoms with van der Waals surface area (Å²) in [5.41, 5.74) is 0. The fourth-order valence-electron chi connectivity index (χ4n) is 3.50. The average molecular weight is 468 g/mol. The third-order valence-electron chi connectivity index (χ3n) is 4.73. The van der Waals surface area contributed by atoms with Gasteiger partial charge in [0, 0.05) is 50.1 Å². The van der Waals surface area contributed by atoms with Crippen LogP contribution in [0.1, 0.15) is 51.9 Å². The van der Waals surface area contributed by atoms with E-state index in [2.05, 4.69) is 39.2 Å². The zero-order valence-electron chi connectivity index (χ0n) is 15.1. The second-order valence-electron chi connectivity index (χ2n) is 6.59. The minimum atomic E-state index is 0. The quantitative estimate of drug-likeness (QED) is 0.370. The van der Waals surface area contributed by atoms with Crippen molar-refractivity contribution in [2.75, 3.05) is 39.0 Å². The molecule has 140 valence electrons. The maximum atomic E-state index is 11.7. The second kappa shape index (κ2) is 11.4. The van der Waals surface area contributed by atoms with Crippen LogP contribution in [0.2, 0.25) is 0 Å². The van der Waals surface area contributed by atoms with Gasteiger partial charge in [-0.15, -0.1) is 24.0 Å². The van der Waals surface area contributed by atoms with E-state index >= 15 is 0 Å². The van der Waals surface area contributed by atoms with E-state index in [-0.39, 0.29) is 29.9 Å². The summed E-state index contributed by atoms with van der Waals surface area (Å²) < 4.78 is 0.437. The van der Waals surface area contributed by atoms with Gasteiger partial charge in [0.2, 0.25) is 5.91 Å². The molecule has 0 radical (unpaired) electrons. The highest BCUT2D eigenvalue weighted by atomic mass is 127. The van der Waals surface area contributed by atoms with E-state index in [1.165, 1.54) is 37.9 Å². The van der Waals surface area contributed by atoms with Crippen LogP contribution in [0.4, 0.5) is 0 Å². The molecule has 0 bridgehead atoms. The summed E-state index contributed by atoms with van der Waals surface area (Å²) in [7, 11) is 1.84. The Balaban J connectivity index is 0.00000288. The minimum Gasteiger partial charge on any atom is -0.356 e. The Morgan fingerprint density at radius 3 is 2.62 bits per heavy atom. The minimum absolute atomic E-state index is 0. The predicted molar refractivity (Wildman–Crippen MR) is 115 cm³/mol. The summed E-state index contributed by atoms with van der Waals surface area (Å²) in [4.78, 5) is 18.5. The fourth-order valence-corrected chi connectivity index (χ4v) is 5.07. The first-order chi connectivity index (χ1) is 11.2. The van der Waals surface area contributed by atoms with Crippen molar-refractivity contribution in [1.82, 2.24) is 15.5 Å². The van der Waals surface area contributed by atoms with Crippen LogP contribution in [0.25, 0.3) is 0 Å². The summed E-state index contributed by atoms with van der Waals surface area (Å²) in [6, 6.07) is 0. The Labute approximate surface area is 168 Å². The van der Waals surface area contributed by atoms with E-state index in [4.69, 9.17) is 0 Å². The molecule has 1 saturated heterocycles. The third kappa shape index (κ3) is 6.61. The van der Waals surface area contributed by atoms with Crippen LogP contribution >= 0.6 is 35.7 Å². The Bertz CT molecular complexity index is 408. The molecular weight excluding hydrogens is 435 g/mol. The molecule has 2 aliphatic rings. The highest BCUT2D eigenvalue weighted by molar-refractivity contribution is 14.0. The number of rotatable bonds is 5. The van der Waals surface area contributed by atoms with Crippen LogP contribution < -0.4 is 10.6 Å². The summed E-state index contributed by atoms with van der Waals surface area (Å²) in [5.74, 6) is 2.25. The van der Waals surface area contributed by atoms with Gasteiger partial charge in [-0.3, -0.25) is 9.79 Å². The molecule has 1 aliphatic heterocycles. The number of guanidine groups is 1. The highest BCUT2D eigenvalue weighted by Crippen LogP contribution is 2.42. The van der Waals surface area contributed by atoms with E-state index in [9.17, 15) is 4.79 Å². The van der Waals surface area contributed by atoms with Crippen LogP contribution in [-0.4, -0.2) is 60.5 Å². The highest BCUT2D eigenvalue weighted by Gasteiger charge is 2.38. The van der Waals surface area contributed by atoms with Gasteiger partial charge in [-0.1, -0.05) is 26.2 Å². The van der Waals surface area contributed by atoms with Gasteiger partial charge in [-0.05, 0) is 19.3 Å². The zero-order chi connectivity index (χ0) is 16.5. The molecule has 5 nitrogen and oxygen atoms in total. The largest absolute Gasteiger partial charge is 0.356 e. The number of halogens is 1. The lowest BCUT2D eigenvalue weighted by molar-refractivity contribution is -0.120. The van der Waals surface area contributed by atoms with Crippen molar-refractivity contribution in [3.63, 3.8) is 0 Å². The van der Waals surface area contributed by atoms with Gasteiger partial charge in [0.25, 0.3) is 0 Å². The number of carbonyl (C=O) groups is 1. The molecule has 1 spiro atoms. The lowest BCUT2D eigenvalue weighted by Gasteiger charge is -2.45. The topological polar surface area (TPSA) is 56.7 Å². The van der Waals surface area contributed by atoms with Crippen molar-refractivity contribution in [2.24, 2.45) is 4.99 Å². The SMILES string of the molecule is CCCNC(=O)CCNC(=NC)N1CCSC2(CCCCC2)C1.I. The number of hydrogen-bond donors (Lipinski definition) is 2. The van der Waals surface area contributed by atoms with Crippen LogP contribution in [0.3, 0.4) is 0 Å². The molecule has 1 saturated carbocycles. The first-order valence-electron chi connectivity index (χ1n) is 9.05. The molecule has 24 heavy (non-hydrogen) atoms. The summed E-state index contributed by atoms with van der Waals surface area (Å²) in [6.45, 7) is 5.63. The molecule has 1 aliphatic carbocycles.